The average Bonchev–Trinajstić information content (AvgIpc) is 2.36. The fraction of sp³-hybridized carbons (Fsp3) is 0.625. The summed E-state index contributed by atoms with van der Waals surface area (Å²) in [5.74, 6) is 0.977. The van der Waals surface area contributed by atoms with Crippen LogP contribution in [-0.4, -0.2) is 47.3 Å². The summed E-state index contributed by atoms with van der Waals surface area (Å²) in [5.41, 5.74) is 0.744. The fourth-order valence-corrected chi connectivity index (χ4v) is 2.45. The smallest absolute Gasteiger partial charge is 0.410 e. The molecule has 0 radical (unpaired) electrons. The summed E-state index contributed by atoms with van der Waals surface area (Å²) in [5, 5.41) is 0. The number of hydrogen-bond donors (Lipinski definition) is 0. The van der Waals surface area contributed by atoms with Crippen LogP contribution >= 0.6 is 0 Å². The lowest BCUT2D eigenvalue weighted by Gasteiger charge is -2.40. The summed E-state index contributed by atoms with van der Waals surface area (Å²) in [6, 6.07) is 4.18. The number of aryl methyl sites for hydroxylation is 1. The van der Waals surface area contributed by atoms with Crippen LogP contribution in [0.2, 0.25) is 0 Å². The van der Waals surface area contributed by atoms with E-state index in [0.29, 0.717) is 6.54 Å². The first-order chi connectivity index (χ1) is 9.76. The van der Waals surface area contributed by atoms with Gasteiger partial charge in [-0.05, 0) is 52.3 Å². The Bertz CT molecular complexity index is 510. The molecule has 0 aliphatic carbocycles. The van der Waals surface area contributed by atoms with Gasteiger partial charge in [-0.1, -0.05) is 0 Å². The lowest BCUT2D eigenvalue weighted by molar-refractivity contribution is 0.0158. The molecule has 2 heterocycles. The van der Waals surface area contributed by atoms with Gasteiger partial charge in [0, 0.05) is 31.9 Å². The Morgan fingerprint density at radius 2 is 2.10 bits per heavy atom. The third kappa shape index (κ3) is 4.09. The van der Waals surface area contributed by atoms with Crippen LogP contribution < -0.4 is 4.90 Å². The molecule has 1 unspecified atom stereocenters. The van der Waals surface area contributed by atoms with Gasteiger partial charge in [-0.15, -0.1) is 0 Å². The maximum absolute atomic E-state index is 12.2. The molecule has 2 rings (SSSR count). The molecule has 1 atom stereocenters. The Hall–Kier alpha value is -1.78. The summed E-state index contributed by atoms with van der Waals surface area (Å²) < 4.78 is 5.46. The molecular weight excluding hydrogens is 266 g/mol. The highest BCUT2D eigenvalue weighted by molar-refractivity contribution is 5.69. The molecule has 1 aliphatic rings. The number of hydrogen-bond acceptors (Lipinski definition) is 4. The highest BCUT2D eigenvalue weighted by atomic mass is 16.6. The molecule has 1 aromatic heterocycles. The zero-order valence-electron chi connectivity index (χ0n) is 13.6. The van der Waals surface area contributed by atoms with Gasteiger partial charge < -0.3 is 14.5 Å². The molecule has 1 aromatic rings. The quantitative estimate of drug-likeness (QED) is 0.798. The normalized spacial score (nSPS) is 19.6. The highest BCUT2D eigenvalue weighted by Gasteiger charge is 2.31. The number of piperazine rings is 1. The molecule has 0 spiro atoms. The first kappa shape index (κ1) is 15.6. The molecule has 21 heavy (non-hydrogen) atoms. The summed E-state index contributed by atoms with van der Waals surface area (Å²) in [7, 11) is 0. The molecule has 0 bridgehead atoms. The lowest BCUT2D eigenvalue weighted by Crippen LogP contribution is -2.55. The van der Waals surface area contributed by atoms with Crippen molar-refractivity contribution in [1.29, 1.82) is 0 Å². The van der Waals surface area contributed by atoms with E-state index in [1.54, 1.807) is 4.90 Å². The van der Waals surface area contributed by atoms with Crippen molar-refractivity contribution >= 4 is 11.9 Å². The van der Waals surface area contributed by atoms with Crippen LogP contribution in [0.3, 0.4) is 0 Å². The summed E-state index contributed by atoms with van der Waals surface area (Å²) >= 11 is 0. The van der Waals surface area contributed by atoms with Crippen LogP contribution in [0.4, 0.5) is 10.6 Å². The van der Waals surface area contributed by atoms with E-state index >= 15 is 0 Å². The van der Waals surface area contributed by atoms with Gasteiger partial charge in [0.05, 0.1) is 0 Å². The maximum atomic E-state index is 12.2. The van der Waals surface area contributed by atoms with Gasteiger partial charge in [0.2, 0.25) is 0 Å². The standard InChI is InChI=1S/C16H25N3O2/c1-12-6-7-17-14(10-12)18-8-9-19(13(2)11-18)15(20)21-16(3,4)5/h6-7,10,13H,8-9,11H2,1-5H3. The van der Waals surface area contributed by atoms with Crippen molar-refractivity contribution in [1.82, 2.24) is 9.88 Å². The number of carbonyl (C=O) groups excluding carboxylic acids is 1. The first-order valence-corrected chi connectivity index (χ1v) is 7.43. The summed E-state index contributed by atoms with van der Waals surface area (Å²) in [6.45, 7) is 12.0. The SMILES string of the molecule is Cc1ccnc(N2CCN(C(=O)OC(C)(C)C)C(C)C2)c1. The molecule has 1 saturated heterocycles. The van der Waals surface area contributed by atoms with Crippen LogP contribution in [0.5, 0.6) is 0 Å². The van der Waals surface area contributed by atoms with E-state index in [1.165, 1.54) is 5.56 Å². The van der Waals surface area contributed by atoms with E-state index in [1.807, 2.05) is 40.0 Å². The number of pyridine rings is 1. The molecule has 1 aliphatic heterocycles. The second-order valence-electron chi connectivity index (χ2n) is 6.66. The minimum atomic E-state index is -0.452. The number of aromatic nitrogens is 1. The number of ether oxygens (including phenoxy) is 1. The van der Waals surface area contributed by atoms with Gasteiger partial charge in [-0.2, -0.15) is 0 Å². The van der Waals surface area contributed by atoms with Gasteiger partial charge in [-0.25, -0.2) is 9.78 Å². The third-order valence-corrected chi connectivity index (χ3v) is 3.48. The molecule has 5 heteroatoms. The molecule has 0 saturated carbocycles. The molecule has 116 valence electrons. The van der Waals surface area contributed by atoms with Crippen LogP contribution in [0, 0.1) is 6.92 Å². The minimum Gasteiger partial charge on any atom is -0.444 e. The Morgan fingerprint density at radius 3 is 2.67 bits per heavy atom. The van der Waals surface area contributed by atoms with Crippen molar-refractivity contribution < 1.29 is 9.53 Å². The van der Waals surface area contributed by atoms with Crippen LogP contribution in [-0.2, 0) is 4.74 Å². The van der Waals surface area contributed by atoms with Gasteiger partial charge in [0.15, 0.2) is 0 Å². The zero-order chi connectivity index (χ0) is 15.6. The lowest BCUT2D eigenvalue weighted by atomic mass is 10.2. The molecular formula is C16H25N3O2. The largest absolute Gasteiger partial charge is 0.444 e. The van der Waals surface area contributed by atoms with Gasteiger partial charge in [0.1, 0.15) is 11.4 Å². The second kappa shape index (κ2) is 5.92. The number of carbonyl (C=O) groups is 1. The molecule has 0 N–H and O–H groups in total. The third-order valence-electron chi connectivity index (χ3n) is 3.48. The van der Waals surface area contributed by atoms with Crippen molar-refractivity contribution in [2.75, 3.05) is 24.5 Å². The Kier molecular flexibility index (Phi) is 4.40. The predicted octanol–water partition coefficient (Wildman–Crippen LogP) is 2.84. The van der Waals surface area contributed by atoms with Crippen LogP contribution in [0.15, 0.2) is 18.3 Å². The number of amides is 1. The van der Waals surface area contributed by atoms with Crippen molar-refractivity contribution in [2.45, 2.75) is 46.3 Å². The van der Waals surface area contributed by atoms with E-state index in [-0.39, 0.29) is 12.1 Å². The van der Waals surface area contributed by atoms with E-state index in [4.69, 9.17) is 4.74 Å². The van der Waals surface area contributed by atoms with Crippen molar-refractivity contribution in [3.63, 3.8) is 0 Å². The van der Waals surface area contributed by atoms with E-state index < -0.39 is 5.60 Å². The summed E-state index contributed by atoms with van der Waals surface area (Å²) in [4.78, 5) is 20.6. The average molecular weight is 291 g/mol. The Morgan fingerprint density at radius 1 is 1.38 bits per heavy atom. The zero-order valence-corrected chi connectivity index (χ0v) is 13.6. The Labute approximate surface area is 126 Å². The number of anilines is 1. The fourth-order valence-electron chi connectivity index (χ4n) is 2.45. The molecule has 1 amide bonds. The number of rotatable bonds is 1. The van der Waals surface area contributed by atoms with Crippen molar-refractivity contribution in [3.8, 4) is 0 Å². The van der Waals surface area contributed by atoms with Crippen LogP contribution in [0.1, 0.15) is 33.3 Å². The van der Waals surface area contributed by atoms with E-state index in [9.17, 15) is 4.79 Å². The van der Waals surface area contributed by atoms with Gasteiger partial charge in [0.25, 0.3) is 0 Å². The molecule has 1 fully saturated rings. The number of nitrogens with zero attached hydrogens (tertiary/aromatic N) is 3. The van der Waals surface area contributed by atoms with Gasteiger partial charge in [-0.3, -0.25) is 0 Å². The van der Waals surface area contributed by atoms with E-state index in [0.717, 1.165) is 18.9 Å². The minimum absolute atomic E-state index is 0.107. The molecule has 5 nitrogen and oxygen atoms in total. The maximum Gasteiger partial charge on any atom is 0.410 e. The van der Waals surface area contributed by atoms with Crippen molar-refractivity contribution in [2.24, 2.45) is 0 Å². The second-order valence-corrected chi connectivity index (χ2v) is 6.66. The Balaban J connectivity index is 2.01. The van der Waals surface area contributed by atoms with Gasteiger partial charge >= 0.3 is 6.09 Å². The summed E-state index contributed by atoms with van der Waals surface area (Å²) in [6.07, 6.45) is 1.60. The monoisotopic (exact) mass is 291 g/mol. The van der Waals surface area contributed by atoms with Crippen LogP contribution in [0.25, 0.3) is 0 Å². The molecule has 0 aromatic carbocycles. The highest BCUT2D eigenvalue weighted by Crippen LogP contribution is 2.20. The topological polar surface area (TPSA) is 45.7 Å². The van der Waals surface area contributed by atoms with E-state index in [2.05, 4.69) is 22.9 Å². The van der Waals surface area contributed by atoms with Crippen molar-refractivity contribution in [3.05, 3.63) is 23.9 Å². The predicted molar refractivity (Wildman–Crippen MR) is 83.6 cm³/mol. The first-order valence-electron chi connectivity index (χ1n) is 7.43.